The Morgan fingerprint density at radius 1 is 0.577 bits per heavy atom. The summed E-state index contributed by atoms with van der Waals surface area (Å²) in [6, 6.07) is 14.8. The van der Waals surface area contributed by atoms with Crippen molar-refractivity contribution in [3.63, 3.8) is 0 Å². The van der Waals surface area contributed by atoms with E-state index in [1.807, 2.05) is 36.4 Å². The average molecular weight is 344 g/mol. The maximum absolute atomic E-state index is 12.6. The van der Waals surface area contributed by atoms with E-state index in [-0.39, 0.29) is 23.1 Å². The van der Waals surface area contributed by atoms with Gasteiger partial charge in [0, 0.05) is 11.1 Å². The van der Waals surface area contributed by atoms with Gasteiger partial charge in [0.15, 0.2) is 11.5 Å². The second-order valence-electron chi connectivity index (χ2n) is 6.00. The minimum absolute atomic E-state index is 0.149. The molecule has 0 aromatic heterocycles. The normalized spacial score (nSPS) is 18.5. The smallest absolute Gasteiger partial charge is 0.228 e. The molecule has 0 aliphatic heterocycles. The first-order chi connectivity index (χ1) is 12.7. The van der Waals surface area contributed by atoms with Gasteiger partial charge in [0.2, 0.25) is 11.6 Å². The van der Waals surface area contributed by atoms with Crippen LogP contribution in [0.15, 0.2) is 72.2 Å². The van der Waals surface area contributed by atoms with Crippen molar-refractivity contribution < 1.29 is 19.1 Å². The number of hydrogen-bond donors (Lipinski definition) is 0. The van der Waals surface area contributed by atoms with Gasteiger partial charge in [-0.05, 0) is 34.4 Å². The van der Waals surface area contributed by atoms with Crippen LogP contribution in [0.5, 0.6) is 0 Å². The first kappa shape index (κ1) is 16.1. The number of benzene rings is 2. The number of ether oxygens (including phenoxy) is 2. The summed E-state index contributed by atoms with van der Waals surface area (Å²) in [6.07, 6.45) is 3.46. The van der Waals surface area contributed by atoms with Gasteiger partial charge < -0.3 is 9.47 Å². The number of allylic oxidation sites excluding steroid dienone is 6. The van der Waals surface area contributed by atoms with Gasteiger partial charge >= 0.3 is 0 Å². The summed E-state index contributed by atoms with van der Waals surface area (Å²) in [6.45, 7) is 0. The number of rotatable bonds is 2. The number of carbonyl (C=O) groups is 2. The lowest BCUT2D eigenvalue weighted by Gasteiger charge is -2.23. The third-order valence-corrected chi connectivity index (χ3v) is 4.65. The third kappa shape index (κ3) is 2.30. The lowest BCUT2D eigenvalue weighted by atomic mass is 9.82. The zero-order valence-corrected chi connectivity index (χ0v) is 14.4. The van der Waals surface area contributed by atoms with Gasteiger partial charge in [-0.1, -0.05) is 48.5 Å². The van der Waals surface area contributed by atoms with E-state index in [0.717, 1.165) is 22.3 Å². The van der Waals surface area contributed by atoms with Crippen LogP contribution >= 0.6 is 0 Å². The molecule has 0 saturated heterocycles. The molecule has 0 fully saturated rings. The predicted octanol–water partition coefficient (Wildman–Crippen LogP) is 4.05. The van der Waals surface area contributed by atoms with Crippen LogP contribution in [0.2, 0.25) is 0 Å². The molecular weight excluding hydrogens is 328 g/mol. The fourth-order valence-corrected chi connectivity index (χ4v) is 3.40. The van der Waals surface area contributed by atoms with Crippen LogP contribution in [-0.4, -0.2) is 25.8 Å². The van der Waals surface area contributed by atoms with E-state index in [2.05, 4.69) is 0 Å². The van der Waals surface area contributed by atoms with E-state index in [1.54, 1.807) is 24.3 Å². The van der Waals surface area contributed by atoms with Crippen molar-refractivity contribution in [1.82, 2.24) is 0 Å². The van der Waals surface area contributed by atoms with E-state index in [0.29, 0.717) is 11.1 Å². The highest BCUT2D eigenvalue weighted by Crippen LogP contribution is 2.39. The standard InChI is InChI=1S/C22H16O4/c1-25-19-11-17(13-7-3-5-9-15(13)21(19)23)18-12-20(26-2)22(24)16-10-6-4-8-14(16)18/h3-12H,1-2H3/b18-17-. The lowest BCUT2D eigenvalue weighted by Crippen LogP contribution is -2.16. The van der Waals surface area contributed by atoms with Gasteiger partial charge in [0.1, 0.15) is 0 Å². The monoisotopic (exact) mass is 344 g/mol. The Bertz CT molecular complexity index is 954. The van der Waals surface area contributed by atoms with Gasteiger partial charge in [-0.2, -0.15) is 0 Å². The van der Waals surface area contributed by atoms with Crippen LogP contribution in [0.25, 0.3) is 11.1 Å². The van der Waals surface area contributed by atoms with E-state index in [9.17, 15) is 9.59 Å². The number of Topliss-reactive ketones (excluding diaryl/α,β-unsaturated/α-hetero) is 2. The zero-order chi connectivity index (χ0) is 18.3. The number of fused-ring (bicyclic) bond motifs is 2. The molecule has 0 N–H and O–H groups in total. The molecule has 2 aromatic rings. The molecule has 2 aromatic carbocycles. The second-order valence-corrected chi connectivity index (χ2v) is 6.00. The summed E-state index contributed by atoms with van der Waals surface area (Å²) >= 11 is 0. The van der Waals surface area contributed by atoms with Gasteiger partial charge in [-0.25, -0.2) is 0 Å². The van der Waals surface area contributed by atoms with Crippen molar-refractivity contribution in [3.05, 3.63) is 94.5 Å². The Hall–Kier alpha value is -3.40. The molecule has 0 atom stereocenters. The number of methoxy groups -OCH3 is 2. The molecule has 4 rings (SSSR count). The molecule has 0 amide bonds. The zero-order valence-electron chi connectivity index (χ0n) is 14.4. The SMILES string of the molecule is COC1=C/C(=C2\C=C(OC)C(=O)c3ccccc32)c2ccccc2C1=O. The van der Waals surface area contributed by atoms with Crippen LogP contribution in [0.3, 0.4) is 0 Å². The fourth-order valence-electron chi connectivity index (χ4n) is 3.40. The Labute approximate surface area is 151 Å². The first-order valence-electron chi connectivity index (χ1n) is 8.19. The summed E-state index contributed by atoms with van der Waals surface area (Å²) < 4.78 is 10.6. The summed E-state index contributed by atoms with van der Waals surface area (Å²) in [5, 5.41) is 0. The molecule has 0 saturated carbocycles. The molecule has 0 heterocycles. The van der Waals surface area contributed by atoms with Crippen molar-refractivity contribution in [2.24, 2.45) is 0 Å². The predicted molar refractivity (Wildman–Crippen MR) is 98.5 cm³/mol. The van der Waals surface area contributed by atoms with E-state index >= 15 is 0 Å². The molecule has 0 bridgehead atoms. The topological polar surface area (TPSA) is 52.6 Å². The highest BCUT2D eigenvalue weighted by atomic mass is 16.5. The summed E-state index contributed by atoms with van der Waals surface area (Å²) in [5.41, 5.74) is 4.43. The number of hydrogen-bond acceptors (Lipinski definition) is 4. The molecule has 26 heavy (non-hydrogen) atoms. The van der Waals surface area contributed by atoms with Crippen molar-refractivity contribution in [1.29, 1.82) is 0 Å². The van der Waals surface area contributed by atoms with Crippen LogP contribution in [0, 0.1) is 0 Å². The van der Waals surface area contributed by atoms with Gasteiger partial charge in [-0.3, -0.25) is 9.59 Å². The molecule has 2 aliphatic rings. The van der Waals surface area contributed by atoms with E-state index in [1.165, 1.54) is 14.2 Å². The number of carbonyl (C=O) groups excluding carboxylic acids is 2. The Morgan fingerprint density at radius 3 is 1.27 bits per heavy atom. The van der Waals surface area contributed by atoms with E-state index < -0.39 is 0 Å². The van der Waals surface area contributed by atoms with E-state index in [4.69, 9.17) is 9.47 Å². The second kappa shape index (κ2) is 6.15. The fraction of sp³-hybridized carbons (Fsp3) is 0.0909. The molecular formula is C22H16O4. The quantitative estimate of drug-likeness (QED) is 0.825. The molecule has 4 nitrogen and oxygen atoms in total. The van der Waals surface area contributed by atoms with Crippen LogP contribution in [0.1, 0.15) is 31.8 Å². The molecule has 0 radical (unpaired) electrons. The Morgan fingerprint density at radius 2 is 0.923 bits per heavy atom. The summed E-state index contributed by atoms with van der Waals surface area (Å²) in [5.74, 6) is 0.244. The Kier molecular flexibility index (Phi) is 3.81. The van der Waals surface area contributed by atoms with Gasteiger partial charge in [0.05, 0.1) is 14.2 Å². The Balaban J connectivity index is 2.09. The van der Waals surface area contributed by atoms with Gasteiger partial charge in [0.25, 0.3) is 0 Å². The minimum Gasteiger partial charge on any atom is -0.493 e. The largest absolute Gasteiger partial charge is 0.493 e. The first-order valence-corrected chi connectivity index (χ1v) is 8.19. The van der Waals surface area contributed by atoms with Crippen molar-refractivity contribution in [3.8, 4) is 0 Å². The maximum Gasteiger partial charge on any atom is 0.228 e. The minimum atomic E-state index is -0.149. The van der Waals surface area contributed by atoms with Crippen LogP contribution in [-0.2, 0) is 9.47 Å². The average Bonchev–Trinajstić information content (AvgIpc) is 2.69. The van der Waals surface area contributed by atoms with Gasteiger partial charge in [-0.15, -0.1) is 0 Å². The molecule has 2 aliphatic carbocycles. The highest BCUT2D eigenvalue weighted by Gasteiger charge is 2.30. The van der Waals surface area contributed by atoms with Crippen LogP contribution < -0.4 is 0 Å². The summed E-state index contributed by atoms with van der Waals surface area (Å²) in [7, 11) is 2.96. The lowest BCUT2D eigenvalue weighted by molar-refractivity contribution is 0.0944. The highest BCUT2D eigenvalue weighted by molar-refractivity contribution is 6.22. The van der Waals surface area contributed by atoms with Crippen LogP contribution in [0.4, 0.5) is 0 Å². The summed E-state index contributed by atoms with van der Waals surface area (Å²) in [4.78, 5) is 25.2. The van der Waals surface area contributed by atoms with Crippen molar-refractivity contribution >= 4 is 22.7 Å². The number of ketones is 2. The molecule has 0 spiro atoms. The third-order valence-electron chi connectivity index (χ3n) is 4.65. The molecule has 0 unspecified atom stereocenters. The van der Waals surface area contributed by atoms with Crippen molar-refractivity contribution in [2.75, 3.05) is 14.2 Å². The molecule has 4 heteroatoms. The van der Waals surface area contributed by atoms with Crippen molar-refractivity contribution in [2.45, 2.75) is 0 Å². The molecule has 128 valence electrons. The maximum atomic E-state index is 12.6.